The number of ether oxygens (including phenoxy) is 4. The van der Waals surface area contributed by atoms with Crippen molar-refractivity contribution in [1.29, 1.82) is 0 Å². The Morgan fingerprint density at radius 3 is 1.46 bits per heavy atom. The standard InChI is InChI=1S/C16H18O10S2/c1-9-5-15(27(17,18)19)13(6-10(9)23-2)26-14-7-11(24-3)12(25-4)8-16(14)28(20,21)22/h5-8H,1-4H3,(H,17,18,19)(H,20,21,22). The highest BCUT2D eigenvalue weighted by Crippen LogP contribution is 2.41. The lowest BCUT2D eigenvalue weighted by molar-refractivity contribution is 0.348. The van der Waals surface area contributed by atoms with E-state index in [0.717, 1.165) is 24.3 Å². The van der Waals surface area contributed by atoms with Crippen LogP contribution in [0, 0.1) is 6.92 Å². The number of hydrogen-bond donors (Lipinski definition) is 2. The van der Waals surface area contributed by atoms with E-state index < -0.39 is 41.5 Å². The molecule has 0 radical (unpaired) electrons. The molecule has 0 aliphatic carbocycles. The zero-order valence-electron chi connectivity index (χ0n) is 15.3. The van der Waals surface area contributed by atoms with E-state index in [9.17, 15) is 25.9 Å². The van der Waals surface area contributed by atoms with Crippen molar-refractivity contribution in [3.05, 3.63) is 29.8 Å². The molecule has 0 unspecified atom stereocenters. The van der Waals surface area contributed by atoms with Gasteiger partial charge in [0.05, 0.1) is 21.3 Å². The van der Waals surface area contributed by atoms with Crippen molar-refractivity contribution >= 4 is 20.2 Å². The third-order valence-corrected chi connectivity index (χ3v) is 5.44. The molecule has 0 spiro atoms. The van der Waals surface area contributed by atoms with Crippen molar-refractivity contribution in [3.63, 3.8) is 0 Å². The van der Waals surface area contributed by atoms with Crippen LogP contribution >= 0.6 is 0 Å². The van der Waals surface area contributed by atoms with E-state index >= 15 is 0 Å². The maximum absolute atomic E-state index is 11.8. The van der Waals surface area contributed by atoms with E-state index in [-0.39, 0.29) is 17.2 Å². The van der Waals surface area contributed by atoms with Crippen molar-refractivity contribution in [2.24, 2.45) is 0 Å². The number of benzene rings is 2. The molecular weight excluding hydrogens is 416 g/mol. The number of hydrogen-bond acceptors (Lipinski definition) is 8. The number of aryl methyl sites for hydroxylation is 1. The molecule has 0 aliphatic rings. The molecule has 0 saturated carbocycles. The van der Waals surface area contributed by atoms with Crippen LogP contribution in [0.1, 0.15) is 5.56 Å². The normalized spacial score (nSPS) is 11.8. The minimum Gasteiger partial charge on any atom is -0.496 e. The van der Waals surface area contributed by atoms with Gasteiger partial charge in [0.15, 0.2) is 23.0 Å². The first-order valence-electron chi connectivity index (χ1n) is 7.49. The molecule has 0 atom stereocenters. The highest BCUT2D eigenvalue weighted by Gasteiger charge is 2.25. The van der Waals surface area contributed by atoms with Crippen molar-refractivity contribution in [2.45, 2.75) is 16.7 Å². The van der Waals surface area contributed by atoms with E-state index in [0.29, 0.717) is 5.56 Å². The molecule has 154 valence electrons. The van der Waals surface area contributed by atoms with Gasteiger partial charge in [0.25, 0.3) is 20.2 Å². The topological polar surface area (TPSA) is 146 Å². The molecule has 0 saturated heterocycles. The maximum Gasteiger partial charge on any atom is 0.298 e. The molecule has 0 bridgehead atoms. The van der Waals surface area contributed by atoms with E-state index in [1.165, 1.54) is 28.3 Å². The summed E-state index contributed by atoms with van der Waals surface area (Å²) in [5.41, 5.74) is 0.379. The van der Waals surface area contributed by atoms with Crippen LogP contribution in [0.2, 0.25) is 0 Å². The Kier molecular flexibility index (Phi) is 6.09. The molecule has 10 nitrogen and oxygen atoms in total. The van der Waals surface area contributed by atoms with Gasteiger partial charge in [-0.05, 0) is 18.6 Å². The average molecular weight is 434 g/mol. The van der Waals surface area contributed by atoms with Crippen LogP contribution in [0.5, 0.6) is 28.7 Å². The fourth-order valence-electron chi connectivity index (χ4n) is 2.39. The Labute approximate surface area is 162 Å². The summed E-state index contributed by atoms with van der Waals surface area (Å²) in [5.74, 6) is -0.634. The van der Waals surface area contributed by atoms with E-state index in [1.807, 2.05) is 0 Å². The summed E-state index contributed by atoms with van der Waals surface area (Å²) in [5, 5.41) is 0. The molecule has 28 heavy (non-hydrogen) atoms. The first-order chi connectivity index (χ1) is 12.9. The van der Waals surface area contributed by atoms with Gasteiger partial charge in [0, 0.05) is 18.2 Å². The second kappa shape index (κ2) is 7.83. The van der Waals surface area contributed by atoms with Crippen LogP contribution in [-0.4, -0.2) is 47.3 Å². The van der Waals surface area contributed by atoms with Gasteiger partial charge >= 0.3 is 0 Å². The molecule has 2 rings (SSSR count). The molecule has 0 fully saturated rings. The quantitative estimate of drug-likeness (QED) is 0.622. The summed E-state index contributed by atoms with van der Waals surface area (Å²) >= 11 is 0. The van der Waals surface area contributed by atoms with Gasteiger partial charge in [-0.25, -0.2) is 0 Å². The fraction of sp³-hybridized carbons (Fsp3) is 0.250. The summed E-state index contributed by atoms with van der Waals surface area (Å²) in [6.07, 6.45) is 0. The Balaban J connectivity index is 2.78. The van der Waals surface area contributed by atoms with Gasteiger partial charge in [-0.1, -0.05) is 0 Å². The highest BCUT2D eigenvalue weighted by atomic mass is 32.2. The Hall–Kier alpha value is -2.54. The second-order valence-corrected chi connectivity index (χ2v) is 8.25. The predicted molar refractivity (Wildman–Crippen MR) is 97.0 cm³/mol. The lowest BCUT2D eigenvalue weighted by Crippen LogP contribution is -2.06. The van der Waals surface area contributed by atoms with Crippen molar-refractivity contribution in [1.82, 2.24) is 0 Å². The van der Waals surface area contributed by atoms with Crippen LogP contribution < -0.4 is 18.9 Å². The Morgan fingerprint density at radius 2 is 1.04 bits per heavy atom. The van der Waals surface area contributed by atoms with Gasteiger partial charge in [-0.2, -0.15) is 16.8 Å². The summed E-state index contributed by atoms with van der Waals surface area (Å²) < 4.78 is 86.6. The van der Waals surface area contributed by atoms with Gasteiger partial charge < -0.3 is 18.9 Å². The molecule has 0 amide bonds. The molecular formula is C16H18O10S2. The number of methoxy groups -OCH3 is 3. The molecule has 0 aliphatic heterocycles. The van der Waals surface area contributed by atoms with Gasteiger partial charge in [-0.15, -0.1) is 0 Å². The summed E-state index contributed by atoms with van der Waals surface area (Å²) in [4.78, 5) is -1.33. The third kappa shape index (κ3) is 4.47. The molecule has 2 N–H and O–H groups in total. The van der Waals surface area contributed by atoms with Gasteiger partial charge in [0.1, 0.15) is 15.5 Å². The Morgan fingerprint density at radius 1 is 0.643 bits per heavy atom. The smallest absolute Gasteiger partial charge is 0.298 e. The van der Waals surface area contributed by atoms with Crippen molar-refractivity contribution in [2.75, 3.05) is 21.3 Å². The van der Waals surface area contributed by atoms with Crippen molar-refractivity contribution < 1.29 is 44.9 Å². The van der Waals surface area contributed by atoms with Crippen molar-refractivity contribution in [3.8, 4) is 28.7 Å². The average Bonchev–Trinajstić information content (AvgIpc) is 2.60. The molecule has 12 heteroatoms. The van der Waals surface area contributed by atoms with Gasteiger partial charge in [0.2, 0.25) is 0 Å². The summed E-state index contributed by atoms with van der Waals surface area (Å²) in [7, 11) is -5.64. The lowest BCUT2D eigenvalue weighted by atomic mass is 10.2. The fourth-order valence-corrected chi connectivity index (χ4v) is 3.68. The zero-order valence-corrected chi connectivity index (χ0v) is 16.9. The first kappa shape index (κ1) is 21.8. The van der Waals surface area contributed by atoms with Crippen LogP contribution in [0.4, 0.5) is 0 Å². The molecule has 0 aromatic heterocycles. The summed E-state index contributed by atoms with van der Waals surface area (Å²) in [6.45, 7) is 1.54. The minimum atomic E-state index is -4.79. The first-order valence-corrected chi connectivity index (χ1v) is 10.4. The SMILES string of the molecule is COc1cc(Oc2cc(OC)c(OC)cc2S(=O)(=O)O)c(S(=O)(=O)O)cc1C. The number of rotatable bonds is 7. The monoisotopic (exact) mass is 434 g/mol. The van der Waals surface area contributed by atoms with E-state index in [2.05, 4.69) is 0 Å². The lowest BCUT2D eigenvalue weighted by Gasteiger charge is -2.16. The van der Waals surface area contributed by atoms with Crippen LogP contribution in [-0.2, 0) is 20.2 Å². The molecule has 2 aromatic rings. The Bertz CT molecular complexity index is 1100. The van der Waals surface area contributed by atoms with Crippen LogP contribution in [0.3, 0.4) is 0 Å². The van der Waals surface area contributed by atoms with E-state index in [4.69, 9.17) is 18.9 Å². The molecule has 2 aromatic carbocycles. The van der Waals surface area contributed by atoms with Crippen LogP contribution in [0.15, 0.2) is 34.1 Å². The largest absolute Gasteiger partial charge is 0.496 e. The molecule has 0 heterocycles. The summed E-state index contributed by atoms with van der Waals surface area (Å²) in [6, 6.07) is 4.28. The third-order valence-electron chi connectivity index (χ3n) is 3.69. The van der Waals surface area contributed by atoms with Gasteiger partial charge in [-0.3, -0.25) is 9.11 Å². The highest BCUT2D eigenvalue weighted by molar-refractivity contribution is 7.86. The predicted octanol–water partition coefficient (Wildman–Crippen LogP) is 2.31. The maximum atomic E-state index is 11.8. The van der Waals surface area contributed by atoms with Crippen LogP contribution in [0.25, 0.3) is 0 Å². The van der Waals surface area contributed by atoms with E-state index in [1.54, 1.807) is 0 Å². The minimum absolute atomic E-state index is 0.0148. The zero-order chi connectivity index (χ0) is 21.3. The second-order valence-electron chi connectivity index (χ2n) is 5.47.